The van der Waals surface area contributed by atoms with Crippen LogP contribution in [0.1, 0.15) is 48.9 Å². The van der Waals surface area contributed by atoms with Crippen molar-refractivity contribution in [3.05, 3.63) is 59.2 Å². The van der Waals surface area contributed by atoms with Crippen molar-refractivity contribution >= 4 is 0 Å². The van der Waals surface area contributed by atoms with E-state index in [-0.39, 0.29) is 6.04 Å². The lowest BCUT2D eigenvalue weighted by molar-refractivity contribution is 0.445. The second-order valence-corrected chi connectivity index (χ2v) is 5.40. The second kappa shape index (κ2) is 5.68. The van der Waals surface area contributed by atoms with Gasteiger partial charge < -0.3 is 10.5 Å². The SMILES string of the molecule is CCCCCc1cccc2c1C(N)c1ccccc1O2. The van der Waals surface area contributed by atoms with Crippen LogP contribution in [0.15, 0.2) is 42.5 Å². The minimum absolute atomic E-state index is 0.0761. The lowest BCUT2D eigenvalue weighted by Crippen LogP contribution is -2.19. The maximum absolute atomic E-state index is 6.48. The lowest BCUT2D eigenvalue weighted by Gasteiger charge is -2.27. The normalized spacial score (nSPS) is 16.2. The van der Waals surface area contributed by atoms with E-state index in [1.165, 1.54) is 30.4 Å². The van der Waals surface area contributed by atoms with Crippen molar-refractivity contribution in [3.63, 3.8) is 0 Å². The van der Waals surface area contributed by atoms with Gasteiger partial charge in [-0.3, -0.25) is 0 Å². The van der Waals surface area contributed by atoms with Crippen LogP contribution >= 0.6 is 0 Å². The zero-order valence-corrected chi connectivity index (χ0v) is 11.9. The fraction of sp³-hybridized carbons (Fsp3) is 0.333. The molecular formula is C18H21NO. The third kappa shape index (κ3) is 2.32. The highest BCUT2D eigenvalue weighted by atomic mass is 16.5. The number of ether oxygens (including phenoxy) is 1. The van der Waals surface area contributed by atoms with Crippen LogP contribution in [-0.2, 0) is 6.42 Å². The summed E-state index contributed by atoms with van der Waals surface area (Å²) in [6.45, 7) is 2.23. The van der Waals surface area contributed by atoms with Gasteiger partial charge in [0, 0.05) is 11.1 Å². The van der Waals surface area contributed by atoms with Gasteiger partial charge in [-0.25, -0.2) is 0 Å². The lowest BCUT2D eigenvalue weighted by atomic mass is 9.89. The van der Waals surface area contributed by atoms with Gasteiger partial charge >= 0.3 is 0 Å². The summed E-state index contributed by atoms with van der Waals surface area (Å²) in [5.74, 6) is 1.81. The van der Waals surface area contributed by atoms with E-state index in [0.29, 0.717) is 0 Å². The fourth-order valence-electron chi connectivity index (χ4n) is 2.92. The maximum atomic E-state index is 6.48. The Balaban J connectivity index is 1.96. The van der Waals surface area contributed by atoms with Crippen LogP contribution in [0.5, 0.6) is 11.5 Å². The number of hydrogen-bond acceptors (Lipinski definition) is 2. The van der Waals surface area contributed by atoms with Crippen molar-refractivity contribution in [2.24, 2.45) is 5.73 Å². The Kier molecular flexibility index (Phi) is 3.75. The molecule has 1 aliphatic heterocycles. The number of unbranched alkanes of at least 4 members (excludes halogenated alkanes) is 2. The molecule has 0 saturated carbocycles. The largest absolute Gasteiger partial charge is 0.457 e. The summed E-state index contributed by atoms with van der Waals surface area (Å²) in [7, 11) is 0. The van der Waals surface area contributed by atoms with Gasteiger partial charge in [0.15, 0.2) is 0 Å². The third-order valence-electron chi connectivity index (χ3n) is 3.99. The van der Waals surface area contributed by atoms with Crippen molar-refractivity contribution in [1.82, 2.24) is 0 Å². The molecule has 1 unspecified atom stereocenters. The summed E-state index contributed by atoms with van der Waals surface area (Å²) in [5.41, 5.74) is 10.1. The first-order chi connectivity index (χ1) is 9.81. The van der Waals surface area contributed by atoms with Crippen LogP contribution in [0.2, 0.25) is 0 Å². The first-order valence-electron chi connectivity index (χ1n) is 7.45. The van der Waals surface area contributed by atoms with Gasteiger partial charge in [-0.2, -0.15) is 0 Å². The zero-order valence-electron chi connectivity index (χ0n) is 11.9. The van der Waals surface area contributed by atoms with E-state index < -0.39 is 0 Å². The molecule has 104 valence electrons. The van der Waals surface area contributed by atoms with Crippen LogP contribution in [0, 0.1) is 0 Å². The molecule has 2 aromatic rings. The molecule has 0 bridgehead atoms. The monoisotopic (exact) mass is 267 g/mol. The van der Waals surface area contributed by atoms with E-state index in [9.17, 15) is 0 Å². The number of benzene rings is 2. The van der Waals surface area contributed by atoms with Crippen LogP contribution in [-0.4, -0.2) is 0 Å². The van der Waals surface area contributed by atoms with E-state index in [0.717, 1.165) is 23.5 Å². The van der Waals surface area contributed by atoms with Gasteiger partial charge in [0.25, 0.3) is 0 Å². The molecule has 0 aromatic heterocycles. The van der Waals surface area contributed by atoms with E-state index in [4.69, 9.17) is 10.5 Å². The van der Waals surface area contributed by atoms with Gasteiger partial charge in [0.2, 0.25) is 0 Å². The molecule has 1 heterocycles. The summed E-state index contributed by atoms with van der Waals surface area (Å²) in [6, 6.07) is 14.3. The second-order valence-electron chi connectivity index (χ2n) is 5.40. The molecule has 1 atom stereocenters. The molecule has 3 rings (SSSR count). The number of fused-ring (bicyclic) bond motifs is 2. The van der Waals surface area contributed by atoms with E-state index in [2.05, 4.69) is 25.1 Å². The van der Waals surface area contributed by atoms with Gasteiger partial charge in [0.05, 0.1) is 6.04 Å². The third-order valence-corrected chi connectivity index (χ3v) is 3.99. The Morgan fingerprint density at radius 3 is 2.65 bits per heavy atom. The summed E-state index contributed by atoms with van der Waals surface area (Å²) >= 11 is 0. The van der Waals surface area contributed by atoms with Crippen LogP contribution in [0.4, 0.5) is 0 Å². The molecule has 20 heavy (non-hydrogen) atoms. The van der Waals surface area contributed by atoms with Gasteiger partial charge in [-0.1, -0.05) is 50.1 Å². The Morgan fingerprint density at radius 1 is 1.00 bits per heavy atom. The molecule has 0 fully saturated rings. The summed E-state index contributed by atoms with van der Waals surface area (Å²) in [6.07, 6.45) is 4.79. The fourth-order valence-corrected chi connectivity index (χ4v) is 2.92. The van der Waals surface area contributed by atoms with Crippen LogP contribution in [0.25, 0.3) is 0 Å². The average Bonchev–Trinajstić information content (AvgIpc) is 2.48. The number of para-hydroxylation sites is 1. The highest BCUT2D eigenvalue weighted by Crippen LogP contribution is 2.43. The van der Waals surface area contributed by atoms with E-state index in [1.807, 2.05) is 24.3 Å². The van der Waals surface area contributed by atoms with Crippen molar-refractivity contribution in [2.45, 2.75) is 38.6 Å². The molecule has 0 amide bonds. The molecule has 0 radical (unpaired) electrons. The van der Waals surface area contributed by atoms with Gasteiger partial charge in [-0.05, 0) is 30.5 Å². The predicted octanol–water partition coefficient (Wildman–Crippen LogP) is 4.57. The van der Waals surface area contributed by atoms with Gasteiger partial charge in [-0.15, -0.1) is 0 Å². The average molecular weight is 267 g/mol. The number of rotatable bonds is 4. The highest BCUT2D eigenvalue weighted by molar-refractivity contribution is 5.55. The molecule has 1 aliphatic rings. The van der Waals surface area contributed by atoms with E-state index >= 15 is 0 Å². The molecule has 2 heteroatoms. The minimum atomic E-state index is -0.0761. The molecule has 2 N–H and O–H groups in total. The highest BCUT2D eigenvalue weighted by Gasteiger charge is 2.26. The molecule has 0 saturated heterocycles. The Morgan fingerprint density at radius 2 is 1.80 bits per heavy atom. The van der Waals surface area contributed by atoms with Crippen molar-refractivity contribution in [2.75, 3.05) is 0 Å². The summed E-state index contributed by atoms with van der Waals surface area (Å²) in [4.78, 5) is 0. The van der Waals surface area contributed by atoms with E-state index in [1.54, 1.807) is 0 Å². The Hall–Kier alpha value is -1.80. The minimum Gasteiger partial charge on any atom is -0.457 e. The van der Waals surface area contributed by atoms with Crippen LogP contribution < -0.4 is 10.5 Å². The molecule has 0 spiro atoms. The summed E-state index contributed by atoms with van der Waals surface area (Å²) in [5, 5.41) is 0. The quantitative estimate of drug-likeness (QED) is 0.823. The first kappa shape index (κ1) is 13.2. The van der Waals surface area contributed by atoms with Crippen molar-refractivity contribution in [1.29, 1.82) is 0 Å². The standard InChI is InChI=1S/C18H21NO/c1-2-3-4-8-13-9-7-12-16-17(13)18(19)14-10-5-6-11-15(14)20-16/h5-7,9-12,18H,2-4,8,19H2,1H3. The summed E-state index contributed by atoms with van der Waals surface area (Å²) < 4.78 is 6.01. The first-order valence-corrected chi connectivity index (χ1v) is 7.45. The number of aryl methyl sites for hydroxylation is 1. The molecule has 2 nitrogen and oxygen atoms in total. The molecular weight excluding hydrogens is 246 g/mol. The van der Waals surface area contributed by atoms with Crippen molar-refractivity contribution < 1.29 is 4.74 Å². The maximum Gasteiger partial charge on any atom is 0.132 e. The topological polar surface area (TPSA) is 35.2 Å². The van der Waals surface area contributed by atoms with Crippen molar-refractivity contribution in [3.8, 4) is 11.5 Å². The van der Waals surface area contributed by atoms with Gasteiger partial charge in [0.1, 0.15) is 11.5 Å². The number of hydrogen-bond donors (Lipinski definition) is 1. The molecule has 0 aliphatic carbocycles. The molecule has 2 aromatic carbocycles. The Labute approximate surface area is 120 Å². The zero-order chi connectivity index (χ0) is 13.9. The smallest absolute Gasteiger partial charge is 0.132 e. The Bertz CT molecular complexity index is 606. The number of nitrogens with two attached hydrogens (primary N) is 1. The van der Waals surface area contributed by atoms with Crippen LogP contribution in [0.3, 0.4) is 0 Å². The predicted molar refractivity (Wildman–Crippen MR) is 82.2 cm³/mol.